The van der Waals surface area contributed by atoms with Gasteiger partial charge in [-0.05, 0) is 24.4 Å². The Morgan fingerprint density at radius 1 is 1.28 bits per heavy atom. The zero-order valence-electron chi connectivity index (χ0n) is 13.5. The second-order valence-electron chi connectivity index (χ2n) is 5.67. The Balaban J connectivity index is 1.71. The number of hydrogen-bond donors (Lipinski definition) is 3. The lowest BCUT2D eigenvalue weighted by Crippen LogP contribution is -2.37. The van der Waals surface area contributed by atoms with E-state index in [0.29, 0.717) is 24.4 Å². The van der Waals surface area contributed by atoms with E-state index in [4.69, 9.17) is 12.2 Å². The van der Waals surface area contributed by atoms with Gasteiger partial charge < -0.3 is 16.0 Å². The molecular weight excluding hydrogens is 342 g/mol. The number of aromatic nitrogens is 2. The number of fused-ring (bicyclic) bond motifs is 3. The first-order valence-corrected chi connectivity index (χ1v) is 8.22. The number of hydrogen-bond acceptors (Lipinski definition) is 6. The summed E-state index contributed by atoms with van der Waals surface area (Å²) >= 11 is 5.21. The molecule has 0 aliphatic carbocycles. The molecule has 8 nitrogen and oxygen atoms in total. The van der Waals surface area contributed by atoms with Gasteiger partial charge in [0.25, 0.3) is 5.91 Å². The Hall–Kier alpha value is -2.81. The molecule has 0 unspecified atom stereocenters. The van der Waals surface area contributed by atoms with E-state index in [0.717, 1.165) is 5.39 Å². The van der Waals surface area contributed by atoms with Crippen molar-refractivity contribution in [1.82, 2.24) is 20.2 Å². The van der Waals surface area contributed by atoms with Gasteiger partial charge in [0.15, 0.2) is 0 Å². The summed E-state index contributed by atoms with van der Waals surface area (Å²) in [5, 5.41) is 9.11. The molecule has 1 aromatic heterocycles. The Kier molecular flexibility index (Phi) is 4.75. The molecule has 2 heterocycles. The van der Waals surface area contributed by atoms with E-state index in [2.05, 4.69) is 20.9 Å². The molecule has 0 saturated carbocycles. The second kappa shape index (κ2) is 6.98. The van der Waals surface area contributed by atoms with Crippen LogP contribution in [0.2, 0.25) is 0 Å². The molecule has 9 heteroatoms. The molecule has 0 radical (unpaired) electrons. The van der Waals surface area contributed by atoms with Crippen LogP contribution in [0.3, 0.4) is 0 Å². The van der Waals surface area contributed by atoms with Crippen LogP contribution < -0.4 is 16.0 Å². The standard InChI is InChI=1S/C16H17N5O3S/c1-9(22)17-6-7-18-13(23)8-12-15(24)21-14(19-12)10-4-2-3-5-11(10)20-16(21)25/h2-5,12,19H,6-8H2,1H3,(H,17,22)(H,18,23)/t12-/m0/s1. The number of nitrogens with one attached hydrogen (secondary N) is 3. The molecule has 0 spiro atoms. The smallest absolute Gasteiger partial charge is 0.257 e. The molecule has 130 valence electrons. The van der Waals surface area contributed by atoms with Gasteiger partial charge in [0.2, 0.25) is 16.6 Å². The molecule has 0 bridgehead atoms. The highest BCUT2D eigenvalue weighted by Crippen LogP contribution is 2.28. The minimum absolute atomic E-state index is 0.0241. The van der Waals surface area contributed by atoms with Crippen LogP contribution in [-0.2, 0) is 9.59 Å². The average molecular weight is 359 g/mol. The van der Waals surface area contributed by atoms with Gasteiger partial charge in [-0.25, -0.2) is 9.55 Å². The van der Waals surface area contributed by atoms with Crippen molar-refractivity contribution in [1.29, 1.82) is 0 Å². The molecule has 2 amide bonds. The predicted molar refractivity (Wildman–Crippen MR) is 94.9 cm³/mol. The zero-order valence-corrected chi connectivity index (χ0v) is 14.4. The molecule has 3 rings (SSSR count). The lowest BCUT2D eigenvalue weighted by Gasteiger charge is -2.10. The Morgan fingerprint density at radius 2 is 2.00 bits per heavy atom. The largest absolute Gasteiger partial charge is 0.358 e. The third kappa shape index (κ3) is 3.50. The molecule has 2 aromatic rings. The van der Waals surface area contributed by atoms with Crippen molar-refractivity contribution in [3.05, 3.63) is 29.0 Å². The highest BCUT2D eigenvalue weighted by Gasteiger charge is 2.33. The summed E-state index contributed by atoms with van der Waals surface area (Å²) in [6, 6.07) is 6.66. The normalized spacial score (nSPS) is 15.6. The minimum Gasteiger partial charge on any atom is -0.358 e. The molecule has 25 heavy (non-hydrogen) atoms. The first kappa shape index (κ1) is 17.0. The van der Waals surface area contributed by atoms with Crippen molar-refractivity contribution >= 4 is 46.7 Å². The van der Waals surface area contributed by atoms with Crippen LogP contribution in [0, 0.1) is 4.77 Å². The third-order valence-corrected chi connectivity index (χ3v) is 4.10. The Morgan fingerprint density at radius 3 is 2.76 bits per heavy atom. The second-order valence-corrected chi connectivity index (χ2v) is 6.03. The quantitative estimate of drug-likeness (QED) is 0.540. The number of carbonyl (C=O) groups excluding carboxylic acids is 3. The fourth-order valence-corrected chi connectivity index (χ4v) is 2.99. The van der Waals surface area contributed by atoms with Crippen LogP contribution in [0.4, 0.5) is 5.82 Å². The summed E-state index contributed by atoms with van der Waals surface area (Å²) in [6.45, 7) is 2.05. The van der Waals surface area contributed by atoms with Gasteiger partial charge in [0.05, 0.1) is 11.9 Å². The van der Waals surface area contributed by atoms with Gasteiger partial charge in [-0.1, -0.05) is 12.1 Å². The third-order valence-electron chi connectivity index (χ3n) is 3.83. The monoisotopic (exact) mass is 359 g/mol. The van der Waals surface area contributed by atoms with Crippen LogP contribution in [0.15, 0.2) is 24.3 Å². The van der Waals surface area contributed by atoms with E-state index in [9.17, 15) is 14.4 Å². The number of para-hydroxylation sites is 1. The van der Waals surface area contributed by atoms with Crippen LogP contribution >= 0.6 is 12.2 Å². The summed E-state index contributed by atoms with van der Waals surface area (Å²) in [6.07, 6.45) is -0.0241. The summed E-state index contributed by atoms with van der Waals surface area (Å²) < 4.78 is 1.51. The van der Waals surface area contributed by atoms with Crippen molar-refractivity contribution in [2.75, 3.05) is 18.4 Å². The van der Waals surface area contributed by atoms with Gasteiger partial charge in [-0.15, -0.1) is 0 Å². The van der Waals surface area contributed by atoms with Crippen molar-refractivity contribution in [2.24, 2.45) is 0 Å². The van der Waals surface area contributed by atoms with E-state index in [-0.39, 0.29) is 28.9 Å². The first-order chi connectivity index (χ1) is 12.0. The molecule has 1 atom stereocenters. The molecule has 1 aromatic carbocycles. The molecule has 3 N–H and O–H groups in total. The number of rotatable bonds is 5. The lowest BCUT2D eigenvalue weighted by molar-refractivity contribution is -0.122. The highest BCUT2D eigenvalue weighted by molar-refractivity contribution is 7.71. The van der Waals surface area contributed by atoms with E-state index in [1.54, 1.807) is 0 Å². The predicted octanol–water partition coefficient (Wildman–Crippen LogP) is 0.842. The number of nitrogens with zero attached hydrogens (tertiary/aromatic N) is 2. The van der Waals surface area contributed by atoms with Crippen LogP contribution in [-0.4, -0.2) is 46.4 Å². The van der Waals surface area contributed by atoms with Gasteiger partial charge >= 0.3 is 0 Å². The van der Waals surface area contributed by atoms with E-state index in [1.807, 2.05) is 24.3 Å². The van der Waals surface area contributed by atoms with Crippen LogP contribution in [0.25, 0.3) is 10.9 Å². The van der Waals surface area contributed by atoms with Gasteiger partial charge in [0, 0.05) is 25.4 Å². The van der Waals surface area contributed by atoms with Gasteiger partial charge in [-0.3, -0.25) is 14.4 Å². The minimum atomic E-state index is -0.699. The summed E-state index contributed by atoms with van der Waals surface area (Å²) in [7, 11) is 0. The molecule has 1 aliphatic rings. The van der Waals surface area contributed by atoms with Gasteiger partial charge in [-0.2, -0.15) is 0 Å². The molecular formula is C16H17N5O3S. The fourth-order valence-electron chi connectivity index (χ4n) is 2.71. The maximum atomic E-state index is 12.6. The molecule has 0 saturated heterocycles. The van der Waals surface area contributed by atoms with Crippen molar-refractivity contribution < 1.29 is 14.4 Å². The van der Waals surface area contributed by atoms with Crippen molar-refractivity contribution in [2.45, 2.75) is 19.4 Å². The van der Waals surface area contributed by atoms with Crippen molar-refractivity contribution in [3.63, 3.8) is 0 Å². The average Bonchev–Trinajstić information content (AvgIpc) is 2.89. The van der Waals surface area contributed by atoms with E-state index < -0.39 is 6.04 Å². The van der Waals surface area contributed by atoms with Gasteiger partial charge in [0.1, 0.15) is 11.9 Å². The van der Waals surface area contributed by atoms with Crippen LogP contribution in [0.1, 0.15) is 18.1 Å². The van der Waals surface area contributed by atoms with Crippen molar-refractivity contribution in [3.8, 4) is 0 Å². The zero-order chi connectivity index (χ0) is 18.0. The number of anilines is 1. The maximum absolute atomic E-state index is 12.6. The summed E-state index contributed by atoms with van der Waals surface area (Å²) in [5.41, 5.74) is 0.694. The van der Waals surface area contributed by atoms with Crippen LogP contribution in [0.5, 0.6) is 0 Å². The SMILES string of the molecule is CC(=O)NCCNC(=O)C[C@@H]1Nc2c3ccccc3nc(=S)n2C1=O. The summed E-state index contributed by atoms with van der Waals surface area (Å²) in [4.78, 5) is 39.6. The molecule has 0 fully saturated rings. The number of carbonyl (C=O) groups is 3. The lowest BCUT2D eigenvalue weighted by atomic mass is 10.2. The Bertz CT molecular complexity index is 924. The number of amides is 2. The highest BCUT2D eigenvalue weighted by atomic mass is 32.1. The topological polar surface area (TPSA) is 105 Å². The number of benzene rings is 1. The summed E-state index contributed by atoms with van der Waals surface area (Å²) in [5.74, 6) is -0.175. The Labute approximate surface area is 148 Å². The maximum Gasteiger partial charge on any atom is 0.257 e. The fraction of sp³-hybridized carbons (Fsp3) is 0.312. The molecule has 1 aliphatic heterocycles. The van der Waals surface area contributed by atoms with E-state index in [1.165, 1.54) is 11.5 Å². The first-order valence-electron chi connectivity index (χ1n) is 7.81. The van der Waals surface area contributed by atoms with E-state index >= 15 is 0 Å².